The lowest BCUT2D eigenvalue weighted by atomic mass is 10.1. The molecule has 2 aromatic rings. The van der Waals surface area contributed by atoms with Gasteiger partial charge in [0.2, 0.25) is 0 Å². The van der Waals surface area contributed by atoms with Crippen molar-refractivity contribution in [2.75, 3.05) is 19.6 Å². The largest absolute Gasteiger partial charge is 0.487 e. The number of carbonyl (C=O) groups is 1. The Morgan fingerprint density at radius 1 is 1.32 bits per heavy atom. The van der Waals surface area contributed by atoms with Gasteiger partial charge in [0.1, 0.15) is 16.9 Å². The van der Waals surface area contributed by atoms with Crippen molar-refractivity contribution in [3.8, 4) is 5.75 Å². The maximum atomic E-state index is 12.4. The summed E-state index contributed by atoms with van der Waals surface area (Å²) in [4.78, 5) is 18.1. The molecule has 1 saturated heterocycles. The maximum Gasteiger partial charge on any atom is 0.317 e. The summed E-state index contributed by atoms with van der Waals surface area (Å²) >= 11 is 6.09. The first-order valence-electron chi connectivity index (χ1n) is 8.55. The number of likely N-dealkylation sites (tertiary alicyclic amines) is 1. The molecule has 2 amide bonds. The third-order valence-electron chi connectivity index (χ3n) is 4.23. The highest BCUT2D eigenvalue weighted by Crippen LogP contribution is 2.25. The average molecular weight is 360 g/mol. The Kier molecular flexibility index (Phi) is 6.12. The standard InChI is InChI=1S/C19H22ClN3O2/c20-17-13-21-10-9-18(17)25-16-7-4-12-23(14-16)19(24)22-11-8-15-5-2-1-3-6-15/h1-3,5-6,9-10,13,16H,4,7-8,11-12,14H2,(H,22,24). The van der Waals surface area contributed by atoms with Gasteiger partial charge in [-0.2, -0.15) is 0 Å². The summed E-state index contributed by atoms with van der Waals surface area (Å²) in [6.07, 6.45) is 5.82. The van der Waals surface area contributed by atoms with E-state index in [0.717, 1.165) is 25.8 Å². The van der Waals surface area contributed by atoms with Crippen molar-refractivity contribution < 1.29 is 9.53 Å². The lowest BCUT2D eigenvalue weighted by Crippen LogP contribution is -2.48. The van der Waals surface area contributed by atoms with Crippen LogP contribution in [0.4, 0.5) is 4.79 Å². The zero-order valence-corrected chi connectivity index (χ0v) is 14.8. The van der Waals surface area contributed by atoms with Gasteiger partial charge in [-0.25, -0.2) is 4.79 Å². The van der Waals surface area contributed by atoms with Gasteiger partial charge >= 0.3 is 6.03 Å². The van der Waals surface area contributed by atoms with E-state index in [-0.39, 0.29) is 12.1 Å². The van der Waals surface area contributed by atoms with Crippen LogP contribution in [0.15, 0.2) is 48.8 Å². The van der Waals surface area contributed by atoms with Crippen LogP contribution in [0.2, 0.25) is 5.02 Å². The van der Waals surface area contributed by atoms with Crippen LogP contribution in [0.3, 0.4) is 0 Å². The van der Waals surface area contributed by atoms with Gasteiger partial charge in [0.25, 0.3) is 0 Å². The number of piperidine rings is 1. The fourth-order valence-electron chi connectivity index (χ4n) is 2.93. The van der Waals surface area contributed by atoms with Crippen molar-refractivity contribution >= 4 is 17.6 Å². The summed E-state index contributed by atoms with van der Waals surface area (Å²) in [7, 11) is 0. The Hall–Kier alpha value is -2.27. The number of aromatic nitrogens is 1. The van der Waals surface area contributed by atoms with Crippen molar-refractivity contribution in [2.24, 2.45) is 0 Å². The van der Waals surface area contributed by atoms with Crippen molar-refractivity contribution in [1.82, 2.24) is 15.2 Å². The molecule has 132 valence electrons. The Morgan fingerprint density at radius 2 is 2.16 bits per heavy atom. The summed E-state index contributed by atoms with van der Waals surface area (Å²) in [6.45, 7) is 1.94. The molecule has 1 aliphatic heterocycles. The molecule has 1 N–H and O–H groups in total. The zero-order valence-electron chi connectivity index (χ0n) is 14.0. The highest BCUT2D eigenvalue weighted by atomic mass is 35.5. The molecule has 1 atom stereocenters. The molecule has 25 heavy (non-hydrogen) atoms. The van der Waals surface area contributed by atoms with E-state index in [4.69, 9.17) is 16.3 Å². The summed E-state index contributed by atoms with van der Waals surface area (Å²) in [5.41, 5.74) is 1.22. The Bertz CT molecular complexity index is 696. The average Bonchev–Trinajstić information content (AvgIpc) is 2.65. The van der Waals surface area contributed by atoms with Crippen molar-refractivity contribution in [3.05, 3.63) is 59.4 Å². The molecule has 1 aromatic carbocycles. The SMILES string of the molecule is O=C(NCCc1ccccc1)N1CCCC(Oc2ccncc2Cl)C1. The fourth-order valence-corrected chi connectivity index (χ4v) is 3.09. The molecular formula is C19H22ClN3O2. The van der Waals surface area contributed by atoms with E-state index in [0.29, 0.717) is 23.9 Å². The number of nitrogens with zero attached hydrogens (tertiary/aromatic N) is 2. The molecule has 5 nitrogen and oxygen atoms in total. The first-order valence-corrected chi connectivity index (χ1v) is 8.93. The van der Waals surface area contributed by atoms with Gasteiger partial charge in [-0.1, -0.05) is 41.9 Å². The molecule has 6 heteroatoms. The van der Waals surface area contributed by atoms with Crippen LogP contribution in [0.25, 0.3) is 0 Å². The normalized spacial score (nSPS) is 17.2. The first kappa shape index (κ1) is 17.5. The number of amides is 2. The van der Waals surface area contributed by atoms with Crippen molar-refractivity contribution in [3.63, 3.8) is 0 Å². The number of ether oxygens (including phenoxy) is 1. The molecule has 1 fully saturated rings. The van der Waals surface area contributed by atoms with E-state index in [9.17, 15) is 4.79 Å². The number of halogens is 1. The smallest absolute Gasteiger partial charge is 0.317 e. The molecular weight excluding hydrogens is 338 g/mol. The first-order chi connectivity index (χ1) is 12.2. The summed E-state index contributed by atoms with van der Waals surface area (Å²) < 4.78 is 5.95. The lowest BCUT2D eigenvalue weighted by molar-refractivity contribution is 0.101. The predicted molar refractivity (Wildman–Crippen MR) is 98.0 cm³/mol. The van der Waals surface area contributed by atoms with Gasteiger partial charge in [-0.3, -0.25) is 4.98 Å². The number of rotatable bonds is 5. The molecule has 2 heterocycles. The molecule has 0 bridgehead atoms. The molecule has 1 aliphatic rings. The van der Waals surface area contributed by atoms with Crippen LogP contribution in [0, 0.1) is 0 Å². The fraction of sp³-hybridized carbons (Fsp3) is 0.368. The number of benzene rings is 1. The number of carbonyl (C=O) groups excluding carboxylic acids is 1. The highest BCUT2D eigenvalue weighted by molar-refractivity contribution is 6.31. The van der Waals surface area contributed by atoms with Gasteiger partial charge in [-0.05, 0) is 24.8 Å². The number of pyridine rings is 1. The number of nitrogens with one attached hydrogen (secondary N) is 1. The minimum absolute atomic E-state index is 0.0370. The van der Waals surface area contributed by atoms with E-state index < -0.39 is 0 Å². The van der Waals surface area contributed by atoms with E-state index >= 15 is 0 Å². The van der Waals surface area contributed by atoms with Gasteiger partial charge in [0, 0.05) is 31.5 Å². The second kappa shape index (κ2) is 8.72. The predicted octanol–water partition coefficient (Wildman–Crippen LogP) is 3.53. The molecule has 3 rings (SSSR count). The molecule has 1 aromatic heterocycles. The van der Waals surface area contributed by atoms with Crippen LogP contribution < -0.4 is 10.1 Å². The summed E-state index contributed by atoms with van der Waals surface area (Å²) in [5.74, 6) is 0.619. The third kappa shape index (κ3) is 5.10. The van der Waals surface area contributed by atoms with Crippen LogP contribution in [-0.2, 0) is 6.42 Å². The molecule has 0 radical (unpaired) electrons. The van der Waals surface area contributed by atoms with E-state index in [1.165, 1.54) is 5.56 Å². The van der Waals surface area contributed by atoms with Gasteiger partial charge < -0.3 is 15.0 Å². The van der Waals surface area contributed by atoms with Gasteiger partial charge in [0.05, 0.1) is 6.54 Å². The molecule has 0 aliphatic carbocycles. The monoisotopic (exact) mass is 359 g/mol. The van der Waals surface area contributed by atoms with Crippen LogP contribution in [0.1, 0.15) is 18.4 Å². The number of hydrogen-bond acceptors (Lipinski definition) is 3. The van der Waals surface area contributed by atoms with E-state index in [2.05, 4.69) is 22.4 Å². The topological polar surface area (TPSA) is 54.5 Å². The van der Waals surface area contributed by atoms with Crippen LogP contribution in [0.5, 0.6) is 5.75 Å². The van der Waals surface area contributed by atoms with Gasteiger partial charge in [0.15, 0.2) is 0 Å². The van der Waals surface area contributed by atoms with Gasteiger partial charge in [-0.15, -0.1) is 0 Å². The van der Waals surface area contributed by atoms with E-state index in [1.54, 1.807) is 18.5 Å². The van der Waals surface area contributed by atoms with Crippen molar-refractivity contribution in [1.29, 1.82) is 0 Å². The second-order valence-electron chi connectivity index (χ2n) is 6.10. The Morgan fingerprint density at radius 3 is 2.96 bits per heavy atom. The second-order valence-corrected chi connectivity index (χ2v) is 6.51. The minimum Gasteiger partial charge on any atom is -0.487 e. The zero-order chi connectivity index (χ0) is 17.5. The number of hydrogen-bond donors (Lipinski definition) is 1. The lowest BCUT2D eigenvalue weighted by Gasteiger charge is -2.33. The molecule has 1 unspecified atom stereocenters. The third-order valence-corrected chi connectivity index (χ3v) is 4.51. The minimum atomic E-state index is -0.0477. The van der Waals surface area contributed by atoms with Crippen LogP contribution >= 0.6 is 11.6 Å². The quantitative estimate of drug-likeness (QED) is 0.888. The molecule has 0 saturated carbocycles. The maximum absolute atomic E-state index is 12.4. The molecule has 0 spiro atoms. The summed E-state index contributed by atoms with van der Waals surface area (Å²) in [5, 5.41) is 3.48. The van der Waals surface area contributed by atoms with E-state index in [1.807, 2.05) is 23.1 Å². The highest BCUT2D eigenvalue weighted by Gasteiger charge is 2.25. The Labute approximate surface area is 153 Å². The Balaban J connectivity index is 1.47. The van der Waals surface area contributed by atoms with Crippen LogP contribution in [-0.4, -0.2) is 41.7 Å². The number of urea groups is 1. The summed E-state index contributed by atoms with van der Waals surface area (Å²) in [6, 6.07) is 11.9. The van der Waals surface area contributed by atoms with Crippen molar-refractivity contribution in [2.45, 2.75) is 25.4 Å².